The molecule has 0 aromatic heterocycles. The summed E-state index contributed by atoms with van der Waals surface area (Å²) >= 11 is 0. The second-order valence-corrected chi connectivity index (χ2v) is 3.78. The van der Waals surface area contributed by atoms with Gasteiger partial charge in [0.1, 0.15) is 0 Å². The molecule has 88 valence electrons. The van der Waals surface area contributed by atoms with Crippen molar-refractivity contribution in [3.05, 3.63) is 11.6 Å². The topological polar surface area (TPSA) is 69.9 Å². The predicted molar refractivity (Wildman–Crippen MR) is 56.4 cm³/mol. The van der Waals surface area contributed by atoms with Crippen LogP contribution in [0.5, 0.6) is 0 Å². The minimum absolute atomic E-state index is 0.000629. The summed E-state index contributed by atoms with van der Waals surface area (Å²) in [4.78, 5) is 0. The number of aliphatic hydroxyl groups is 3. The first-order chi connectivity index (χ1) is 7.28. The van der Waals surface area contributed by atoms with Crippen LogP contribution in [0.4, 0.5) is 0 Å². The van der Waals surface area contributed by atoms with Crippen molar-refractivity contribution >= 4 is 0 Å². The molecule has 15 heavy (non-hydrogen) atoms. The van der Waals surface area contributed by atoms with E-state index < -0.39 is 0 Å². The molecule has 3 atom stereocenters. The van der Waals surface area contributed by atoms with Crippen molar-refractivity contribution in [2.75, 3.05) is 26.4 Å². The van der Waals surface area contributed by atoms with E-state index in [0.717, 1.165) is 5.57 Å². The molecule has 1 aliphatic rings. The van der Waals surface area contributed by atoms with Gasteiger partial charge in [-0.2, -0.15) is 0 Å². The van der Waals surface area contributed by atoms with Gasteiger partial charge in [-0.25, -0.2) is 0 Å². The maximum absolute atomic E-state index is 9.26. The third kappa shape index (κ3) is 2.78. The highest BCUT2D eigenvalue weighted by atomic mass is 16.5. The second kappa shape index (κ2) is 6.23. The van der Waals surface area contributed by atoms with Crippen LogP contribution >= 0.6 is 0 Å². The lowest BCUT2D eigenvalue weighted by molar-refractivity contribution is 0.0279. The lowest BCUT2D eigenvalue weighted by Crippen LogP contribution is -2.27. The van der Waals surface area contributed by atoms with Crippen molar-refractivity contribution in [3.8, 4) is 0 Å². The van der Waals surface area contributed by atoms with Gasteiger partial charge in [0.05, 0.1) is 19.3 Å². The molecule has 0 aliphatic heterocycles. The maximum atomic E-state index is 9.26. The average molecular weight is 216 g/mol. The fraction of sp³-hybridized carbons (Fsp3) is 0.818. The Morgan fingerprint density at radius 3 is 2.53 bits per heavy atom. The van der Waals surface area contributed by atoms with Gasteiger partial charge < -0.3 is 20.1 Å². The van der Waals surface area contributed by atoms with E-state index in [9.17, 15) is 5.11 Å². The zero-order valence-corrected chi connectivity index (χ0v) is 9.09. The maximum Gasteiger partial charge on any atom is 0.0794 e. The molecule has 0 aromatic carbocycles. The van der Waals surface area contributed by atoms with E-state index in [1.54, 1.807) is 0 Å². The summed E-state index contributed by atoms with van der Waals surface area (Å²) < 4.78 is 5.52. The molecule has 0 unspecified atom stereocenters. The van der Waals surface area contributed by atoms with E-state index in [-0.39, 0.29) is 37.8 Å². The first-order valence-corrected chi connectivity index (χ1v) is 5.43. The van der Waals surface area contributed by atoms with Crippen LogP contribution in [0.15, 0.2) is 11.6 Å². The van der Waals surface area contributed by atoms with E-state index in [0.29, 0.717) is 13.0 Å². The Morgan fingerprint density at radius 2 is 2.07 bits per heavy atom. The van der Waals surface area contributed by atoms with Crippen LogP contribution in [0.3, 0.4) is 0 Å². The predicted octanol–water partition coefficient (Wildman–Crippen LogP) is -0.0691. The molecule has 0 amide bonds. The Morgan fingerprint density at radius 1 is 1.33 bits per heavy atom. The molecule has 4 heteroatoms. The van der Waals surface area contributed by atoms with Crippen LogP contribution in [0.25, 0.3) is 0 Å². The minimum atomic E-state index is -0.0820. The van der Waals surface area contributed by atoms with Gasteiger partial charge in [-0.1, -0.05) is 6.08 Å². The van der Waals surface area contributed by atoms with Crippen LogP contribution in [0.2, 0.25) is 0 Å². The Hall–Kier alpha value is -0.420. The normalized spacial score (nSPS) is 30.7. The van der Waals surface area contributed by atoms with E-state index in [1.807, 2.05) is 13.0 Å². The molecule has 0 saturated carbocycles. The summed E-state index contributed by atoms with van der Waals surface area (Å²) in [6.45, 7) is 2.54. The SMILES string of the molecule is CCO[C@@H]1C=C(CO)[C@H](CO)[C@@H]1CCO. The largest absolute Gasteiger partial charge is 0.396 e. The zero-order valence-electron chi connectivity index (χ0n) is 9.09. The van der Waals surface area contributed by atoms with Crippen molar-refractivity contribution in [3.63, 3.8) is 0 Å². The summed E-state index contributed by atoms with van der Waals surface area (Å²) in [5, 5.41) is 27.4. The third-order valence-electron chi connectivity index (χ3n) is 2.99. The molecular formula is C11H20O4. The van der Waals surface area contributed by atoms with Gasteiger partial charge in [0.2, 0.25) is 0 Å². The summed E-state index contributed by atoms with van der Waals surface area (Å²) in [7, 11) is 0. The third-order valence-corrected chi connectivity index (χ3v) is 2.99. The average Bonchev–Trinajstić information content (AvgIpc) is 2.57. The number of aliphatic hydroxyl groups excluding tert-OH is 3. The van der Waals surface area contributed by atoms with Crippen LogP contribution in [0, 0.1) is 11.8 Å². The Balaban J connectivity index is 2.72. The van der Waals surface area contributed by atoms with Crippen molar-refractivity contribution in [2.24, 2.45) is 11.8 Å². The summed E-state index contributed by atoms with van der Waals surface area (Å²) in [6, 6.07) is 0. The molecule has 1 rings (SSSR count). The van der Waals surface area contributed by atoms with Crippen LogP contribution in [0.1, 0.15) is 13.3 Å². The fourth-order valence-corrected chi connectivity index (χ4v) is 2.26. The van der Waals surface area contributed by atoms with Crippen molar-refractivity contribution in [1.82, 2.24) is 0 Å². The molecule has 1 aliphatic carbocycles. The Labute approximate surface area is 90.2 Å². The van der Waals surface area contributed by atoms with Gasteiger partial charge in [-0.3, -0.25) is 0 Å². The summed E-state index contributed by atoms with van der Waals surface area (Å²) in [5.41, 5.74) is 0.828. The van der Waals surface area contributed by atoms with Crippen molar-refractivity contribution < 1.29 is 20.1 Å². The van der Waals surface area contributed by atoms with Gasteiger partial charge in [-0.15, -0.1) is 0 Å². The molecule has 0 spiro atoms. The lowest BCUT2D eigenvalue weighted by Gasteiger charge is -2.24. The lowest BCUT2D eigenvalue weighted by atomic mass is 9.88. The molecule has 0 bridgehead atoms. The molecular weight excluding hydrogens is 196 g/mol. The van der Waals surface area contributed by atoms with Crippen molar-refractivity contribution in [1.29, 1.82) is 0 Å². The monoisotopic (exact) mass is 216 g/mol. The first kappa shape index (κ1) is 12.6. The minimum Gasteiger partial charge on any atom is -0.396 e. The number of hydrogen-bond acceptors (Lipinski definition) is 4. The number of hydrogen-bond donors (Lipinski definition) is 3. The highest BCUT2D eigenvalue weighted by Gasteiger charge is 2.36. The van der Waals surface area contributed by atoms with Gasteiger partial charge >= 0.3 is 0 Å². The van der Waals surface area contributed by atoms with Gasteiger partial charge in [-0.05, 0) is 24.8 Å². The van der Waals surface area contributed by atoms with Crippen LogP contribution < -0.4 is 0 Å². The number of ether oxygens (including phenoxy) is 1. The van der Waals surface area contributed by atoms with E-state index in [1.165, 1.54) is 0 Å². The molecule has 4 nitrogen and oxygen atoms in total. The molecule has 0 heterocycles. The van der Waals surface area contributed by atoms with E-state index >= 15 is 0 Å². The Kier molecular flexibility index (Phi) is 5.25. The quantitative estimate of drug-likeness (QED) is 0.544. The van der Waals surface area contributed by atoms with Gasteiger partial charge in [0, 0.05) is 19.1 Å². The fourth-order valence-electron chi connectivity index (χ4n) is 2.26. The molecule has 0 saturated heterocycles. The van der Waals surface area contributed by atoms with Crippen LogP contribution in [-0.2, 0) is 4.74 Å². The molecule has 0 aromatic rings. The van der Waals surface area contributed by atoms with E-state index in [4.69, 9.17) is 14.9 Å². The Bertz CT molecular complexity index is 215. The summed E-state index contributed by atoms with van der Waals surface area (Å²) in [6.07, 6.45) is 2.39. The van der Waals surface area contributed by atoms with Crippen LogP contribution in [-0.4, -0.2) is 47.9 Å². The molecule has 0 radical (unpaired) electrons. The van der Waals surface area contributed by atoms with Crippen molar-refractivity contribution in [2.45, 2.75) is 19.4 Å². The van der Waals surface area contributed by atoms with Gasteiger partial charge in [0.15, 0.2) is 0 Å². The molecule has 3 N–H and O–H groups in total. The first-order valence-electron chi connectivity index (χ1n) is 5.43. The molecule has 0 fully saturated rings. The highest BCUT2D eigenvalue weighted by molar-refractivity contribution is 5.20. The zero-order chi connectivity index (χ0) is 11.3. The number of rotatable bonds is 6. The smallest absolute Gasteiger partial charge is 0.0794 e. The standard InChI is InChI=1S/C11H20O4/c1-2-15-11-5-8(6-13)10(7-14)9(11)3-4-12/h5,9-14H,2-4,6-7H2,1H3/t9-,10-,11+/m0/s1. The second-order valence-electron chi connectivity index (χ2n) is 3.78. The summed E-state index contributed by atoms with van der Waals surface area (Å²) in [5.74, 6) is 0.0146. The highest BCUT2D eigenvalue weighted by Crippen LogP contribution is 2.35. The van der Waals surface area contributed by atoms with Gasteiger partial charge in [0.25, 0.3) is 0 Å². The van der Waals surface area contributed by atoms with E-state index in [2.05, 4.69) is 0 Å².